The molecule has 0 amide bonds. The second-order valence-electron chi connectivity index (χ2n) is 7.48. The van der Waals surface area contributed by atoms with E-state index in [9.17, 15) is 4.79 Å². The molecule has 3 N–H and O–H groups in total. The number of rotatable bonds is 5. The third-order valence-electron chi connectivity index (χ3n) is 5.82. The minimum Gasteiger partial charge on any atom is -0.478 e. The molecule has 0 radical (unpaired) electrons. The number of nitrogens with two attached hydrogens (primary N) is 1. The molecule has 0 spiro atoms. The van der Waals surface area contributed by atoms with E-state index in [2.05, 4.69) is 29.2 Å². The van der Waals surface area contributed by atoms with Gasteiger partial charge in [-0.2, -0.15) is 0 Å². The molecular formula is C22H26ClN3O2. The average molecular weight is 400 g/mol. The highest BCUT2D eigenvalue weighted by Gasteiger charge is 2.39. The zero-order valence-electron chi connectivity index (χ0n) is 15.7. The molecular weight excluding hydrogens is 374 g/mol. The summed E-state index contributed by atoms with van der Waals surface area (Å²) in [5, 5.41) is 9.06. The minimum absolute atomic E-state index is 0. The van der Waals surface area contributed by atoms with Crippen LogP contribution in [0.15, 0.2) is 59.6 Å². The van der Waals surface area contributed by atoms with Gasteiger partial charge in [0.15, 0.2) is 5.96 Å². The third kappa shape index (κ3) is 4.14. The number of fused-ring (bicyclic) bond motifs is 1. The van der Waals surface area contributed by atoms with E-state index in [1.54, 1.807) is 12.1 Å². The minimum atomic E-state index is -0.906. The lowest BCUT2D eigenvalue weighted by atomic mass is 9.96. The van der Waals surface area contributed by atoms with E-state index in [0.29, 0.717) is 23.6 Å². The Balaban J connectivity index is 0.00000225. The van der Waals surface area contributed by atoms with Crippen molar-refractivity contribution >= 4 is 24.3 Å². The number of hydrogen-bond acceptors (Lipinski definition) is 4. The summed E-state index contributed by atoms with van der Waals surface area (Å²) >= 11 is 0. The van der Waals surface area contributed by atoms with Crippen molar-refractivity contribution in [2.75, 3.05) is 0 Å². The van der Waals surface area contributed by atoms with Crippen LogP contribution in [0.3, 0.4) is 0 Å². The van der Waals surface area contributed by atoms with E-state index in [1.807, 2.05) is 18.2 Å². The number of carbonyl (C=O) groups is 1. The van der Waals surface area contributed by atoms with Crippen LogP contribution in [0.5, 0.6) is 0 Å². The Labute approximate surface area is 171 Å². The van der Waals surface area contributed by atoms with Crippen molar-refractivity contribution in [2.24, 2.45) is 10.7 Å². The number of aromatic carboxylic acids is 1. The standard InChI is InChI=1S/C22H25N3O2.ClH/c23-22-24-20(16-7-9-17(10-8-16)21(26)27)14-19-13-12-18(25(19)22)11-6-15-4-2-1-3-5-15;/h1-5,7-10,18-20H,6,11-14H2,(H2,23,24)(H,26,27);1H/t18-,19+,20+;/m0./s1. The monoisotopic (exact) mass is 399 g/mol. The fraction of sp³-hybridized carbons (Fsp3) is 0.364. The Morgan fingerprint density at radius 3 is 2.50 bits per heavy atom. The number of guanidine groups is 1. The predicted molar refractivity (Wildman–Crippen MR) is 113 cm³/mol. The summed E-state index contributed by atoms with van der Waals surface area (Å²) in [6.07, 6.45) is 5.38. The third-order valence-corrected chi connectivity index (χ3v) is 5.82. The average Bonchev–Trinajstić information content (AvgIpc) is 3.11. The zero-order chi connectivity index (χ0) is 18.8. The molecule has 1 fully saturated rings. The molecule has 2 heterocycles. The van der Waals surface area contributed by atoms with Crippen molar-refractivity contribution in [1.29, 1.82) is 0 Å². The molecule has 2 aromatic carbocycles. The lowest BCUT2D eigenvalue weighted by molar-refractivity contribution is 0.0697. The summed E-state index contributed by atoms with van der Waals surface area (Å²) in [5.74, 6) is -0.273. The summed E-state index contributed by atoms with van der Waals surface area (Å²) < 4.78 is 0. The summed E-state index contributed by atoms with van der Waals surface area (Å²) in [6.45, 7) is 0. The quantitative estimate of drug-likeness (QED) is 0.795. The summed E-state index contributed by atoms with van der Waals surface area (Å²) in [5.41, 5.74) is 9.07. The maximum absolute atomic E-state index is 11.0. The molecule has 0 bridgehead atoms. The number of nitrogens with zero attached hydrogens (tertiary/aromatic N) is 2. The van der Waals surface area contributed by atoms with Crippen LogP contribution in [-0.2, 0) is 6.42 Å². The van der Waals surface area contributed by atoms with Crippen LogP contribution < -0.4 is 5.73 Å². The second kappa shape index (κ2) is 8.65. The molecule has 5 nitrogen and oxygen atoms in total. The first kappa shape index (κ1) is 20.2. The highest BCUT2D eigenvalue weighted by Crippen LogP contribution is 2.37. The van der Waals surface area contributed by atoms with E-state index >= 15 is 0 Å². The molecule has 0 unspecified atom stereocenters. The van der Waals surface area contributed by atoms with E-state index in [4.69, 9.17) is 15.8 Å². The molecule has 0 aliphatic carbocycles. The molecule has 0 saturated carbocycles. The van der Waals surface area contributed by atoms with E-state index < -0.39 is 5.97 Å². The first-order chi connectivity index (χ1) is 13.1. The Hall–Kier alpha value is -2.53. The van der Waals surface area contributed by atoms with Crippen LogP contribution in [0.1, 0.15) is 53.2 Å². The topological polar surface area (TPSA) is 78.9 Å². The maximum atomic E-state index is 11.0. The van der Waals surface area contributed by atoms with Crippen molar-refractivity contribution in [1.82, 2.24) is 4.90 Å². The van der Waals surface area contributed by atoms with Crippen LogP contribution in [0, 0.1) is 0 Å². The lowest BCUT2D eigenvalue weighted by Gasteiger charge is -2.37. The number of aryl methyl sites for hydroxylation is 1. The van der Waals surface area contributed by atoms with Gasteiger partial charge in [0.25, 0.3) is 0 Å². The van der Waals surface area contributed by atoms with Crippen LogP contribution in [-0.4, -0.2) is 34.0 Å². The fourth-order valence-corrected chi connectivity index (χ4v) is 4.42. The van der Waals surface area contributed by atoms with E-state index in [-0.39, 0.29) is 18.4 Å². The van der Waals surface area contributed by atoms with E-state index in [1.165, 1.54) is 5.56 Å². The molecule has 3 atom stereocenters. The number of halogens is 1. The van der Waals surface area contributed by atoms with Gasteiger partial charge >= 0.3 is 5.97 Å². The van der Waals surface area contributed by atoms with E-state index in [0.717, 1.165) is 37.7 Å². The second-order valence-corrected chi connectivity index (χ2v) is 7.48. The van der Waals surface area contributed by atoms with Gasteiger partial charge in [-0.05, 0) is 55.4 Å². The molecule has 2 aromatic rings. The zero-order valence-corrected chi connectivity index (χ0v) is 16.5. The number of aliphatic imine (C=N–C) groups is 1. The summed E-state index contributed by atoms with van der Waals surface area (Å²) in [4.78, 5) is 18.1. The first-order valence-electron chi connectivity index (χ1n) is 9.60. The van der Waals surface area contributed by atoms with Gasteiger partial charge in [-0.15, -0.1) is 12.4 Å². The SMILES string of the molecule is Cl.NC1=N[C@@H](c2ccc(C(=O)O)cc2)C[C@H]2CC[C@H](CCc3ccccc3)N12. The Bertz CT molecular complexity index is 839. The van der Waals surface area contributed by atoms with Gasteiger partial charge in [-0.1, -0.05) is 42.5 Å². The van der Waals surface area contributed by atoms with Crippen molar-refractivity contribution < 1.29 is 9.90 Å². The van der Waals surface area contributed by atoms with Gasteiger partial charge in [-0.25, -0.2) is 9.79 Å². The molecule has 2 aliphatic rings. The van der Waals surface area contributed by atoms with Crippen LogP contribution >= 0.6 is 12.4 Å². The summed E-state index contributed by atoms with van der Waals surface area (Å²) in [6, 6.07) is 18.5. The molecule has 0 aromatic heterocycles. The van der Waals surface area contributed by atoms with Crippen LogP contribution in [0.25, 0.3) is 0 Å². The van der Waals surface area contributed by atoms with Crippen LogP contribution in [0.2, 0.25) is 0 Å². The predicted octanol–water partition coefficient (Wildman–Crippen LogP) is 4.03. The largest absolute Gasteiger partial charge is 0.478 e. The fourth-order valence-electron chi connectivity index (χ4n) is 4.42. The smallest absolute Gasteiger partial charge is 0.335 e. The van der Waals surface area contributed by atoms with Crippen molar-refractivity contribution in [3.63, 3.8) is 0 Å². The van der Waals surface area contributed by atoms with Crippen molar-refractivity contribution in [3.05, 3.63) is 71.3 Å². The van der Waals surface area contributed by atoms with Crippen LogP contribution in [0.4, 0.5) is 0 Å². The lowest BCUT2D eigenvalue weighted by Crippen LogP contribution is -2.48. The van der Waals surface area contributed by atoms with Gasteiger partial charge < -0.3 is 15.7 Å². The van der Waals surface area contributed by atoms with Gasteiger partial charge in [0.2, 0.25) is 0 Å². The molecule has 4 rings (SSSR count). The Kier molecular flexibility index (Phi) is 6.25. The van der Waals surface area contributed by atoms with Gasteiger partial charge in [0.1, 0.15) is 0 Å². The molecule has 2 aliphatic heterocycles. The Morgan fingerprint density at radius 1 is 1.11 bits per heavy atom. The molecule has 1 saturated heterocycles. The summed E-state index contributed by atoms with van der Waals surface area (Å²) in [7, 11) is 0. The highest BCUT2D eigenvalue weighted by molar-refractivity contribution is 5.87. The maximum Gasteiger partial charge on any atom is 0.335 e. The van der Waals surface area contributed by atoms with Gasteiger partial charge in [-0.3, -0.25) is 0 Å². The number of carboxylic acid groups (broad SMARTS) is 1. The highest BCUT2D eigenvalue weighted by atomic mass is 35.5. The van der Waals surface area contributed by atoms with Crippen molar-refractivity contribution in [2.45, 2.75) is 50.2 Å². The normalized spacial score (nSPS) is 23.5. The molecule has 28 heavy (non-hydrogen) atoms. The first-order valence-corrected chi connectivity index (χ1v) is 9.60. The molecule has 148 valence electrons. The number of carboxylic acids is 1. The number of benzene rings is 2. The van der Waals surface area contributed by atoms with Gasteiger partial charge in [0, 0.05) is 12.1 Å². The Morgan fingerprint density at radius 2 is 1.82 bits per heavy atom. The number of hydrogen-bond donors (Lipinski definition) is 2. The van der Waals surface area contributed by atoms with Gasteiger partial charge in [0.05, 0.1) is 11.6 Å². The molecule has 6 heteroatoms. The van der Waals surface area contributed by atoms with Crippen molar-refractivity contribution in [3.8, 4) is 0 Å².